The molecule has 2 aromatic heterocycles. The molecule has 33 heavy (non-hydrogen) atoms. The zero-order valence-electron chi connectivity index (χ0n) is 17.7. The summed E-state index contributed by atoms with van der Waals surface area (Å²) in [5.74, 6) is -0.636. The Morgan fingerprint density at radius 3 is 2.76 bits per heavy atom. The number of cyclic esters (lactones) is 1. The molecule has 2 atom stereocenters. The number of carbonyl (C=O) groups is 2. The van der Waals surface area contributed by atoms with Gasteiger partial charge in [-0.3, -0.25) is 14.7 Å². The molecule has 1 aliphatic rings. The lowest BCUT2D eigenvalue weighted by molar-refractivity contribution is -0.147. The monoisotopic (exact) mass is 476 g/mol. The molecule has 1 unspecified atom stereocenters. The number of aromatic nitrogens is 5. The number of nitrogens with zero attached hydrogens (tertiary/aromatic N) is 6. The molecule has 0 spiro atoms. The summed E-state index contributed by atoms with van der Waals surface area (Å²) in [7, 11) is 1.69. The summed E-state index contributed by atoms with van der Waals surface area (Å²) in [6, 6.07) is 7.04. The molecule has 1 fully saturated rings. The van der Waals surface area contributed by atoms with Crippen molar-refractivity contribution in [2.45, 2.75) is 19.1 Å². The number of halogens is 2. The number of hydrogen-bond donors (Lipinski definition) is 1. The Bertz CT molecular complexity index is 1160. The molecule has 11 nitrogen and oxygen atoms in total. The van der Waals surface area contributed by atoms with Crippen LogP contribution in [0.1, 0.15) is 6.92 Å². The van der Waals surface area contributed by atoms with E-state index in [9.17, 15) is 14.0 Å². The fourth-order valence-corrected chi connectivity index (χ4v) is 3.16. The molecule has 1 amide bonds. The van der Waals surface area contributed by atoms with E-state index >= 15 is 0 Å². The molecular weight excluding hydrogens is 457 g/mol. The van der Waals surface area contributed by atoms with Gasteiger partial charge in [0.2, 0.25) is 0 Å². The highest BCUT2D eigenvalue weighted by Gasteiger charge is 2.33. The second-order valence-electron chi connectivity index (χ2n) is 7.26. The van der Waals surface area contributed by atoms with Crippen LogP contribution in [0.25, 0.3) is 22.6 Å². The number of benzene rings is 1. The van der Waals surface area contributed by atoms with E-state index < -0.39 is 30.0 Å². The summed E-state index contributed by atoms with van der Waals surface area (Å²) in [6.45, 7) is 1.49. The van der Waals surface area contributed by atoms with Gasteiger partial charge in [-0.2, -0.15) is 0 Å². The molecule has 0 aliphatic carbocycles. The second kappa shape index (κ2) is 9.88. The molecule has 4 rings (SSSR count). The van der Waals surface area contributed by atoms with Gasteiger partial charge in [0.1, 0.15) is 24.2 Å². The highest BCUT2D eigenvalue weighted by molar-refractivity contribution is 5.90. The predicted octanol–water partition coefficient (Wildman–Crippen LogP) is -1.70. The van der Waals surface area contributed by atoms with Crippen LogP contribution in [-0.4, -0.2) is 62.6 Å². The second-order valence-corrected chi connectivity index (χ2v) is 7.26. The van der Waals surface area contributed by atoms with Gasteiger partial charge in [0.15, 0.2) is 11.9 Å². The Balaban J connectivity index is 0.00000306. The fraction of sp³-hybridized carbons (Fsp3) is 0.300. The number of esters is 1. The third kappa shape index (κ3) is 5.07. The molecule has 1 aliphatic heterocycles. The lowest BCUT2D eigenvalue weighted by Gasteiger charge is -2.14. The standard InChI is InChI=1S/C20H20FN7O4.ClH/c1-11(22)19(29)31-10-14-9-28(20(30)32-14)13-4-5-15(16(21)7-13)12-3-6-17(23-8-12)18-24-25-26-27(18)2;/h3-8,11,14H,9-10,22H2,1-2H3;1H/p-1/t11-,14?;/m1./s1. The molecule has 0 radical (unpaired) electrons. The van der Waals surface area contributed by atoms with E-state index in [2.05, 4.69) is 20.5 Å². The number of aryl methyl sites for hydroxylation is 1. The Morgan fingerprint density at radius 2 is 2.15 bits per heavy atom. The van der Waals surface area contributed by atoms with E-state index in [1.54, 1.807) is 31.3 Å². The number of carbonyl (C=O) groups excluding carboxylic acids is 2. The van der Waals surface area contributed by atoms with Crippen LogP contribution in [0.5, 0.6) is 0 Å². The normalized spacial score (nSPS) is 16.2. The van der Waals surface area contributed by atoms with E-state index in [4.69, 9.17) is 15.2 Å². The van der Waals surface area contributed by atoms with Gasteiger partial charge in [0.05, 0.1) is 12.2 Å². The minimum atomic E-state index is -0.773. The fourth-order valence-electron chi connectivity index (χ4n) is 3.16. The summed E-state index contributed by atoms with van der Waals surface area (Å²) in [6.07, 6.45) is 0.205. The van der Waals surface area contributed by atoms with Crippen LogP contribution in [0.4, 0.5) is 14.9 Å². The lowest BCUT2D eigenvalue weighted by Crippen LogP contribution is -3.00. The topological polar surface area (TPSA) is 138 Å². The van der Waals surface area contributed by atoms with E-state index in [1.807, 2.05) is 0 Å². The van der Waals surface area contributed by atoms with E-state index in [0.29, 0.717) is 28.3 Å². The molecule has 2 N–H and O–H groups in total. The maximum Gasteiger partial charge on any atom is 0.414 e. The third-order valence-corrected chi connectivity index (χ3v) is 4.85. The van der Waals surface area contributed by atoms with Crippen molar-refractivity contribution < 1.29 is 35.9 Å². The van der Waals surface area contributed by atoms with Crippen LogP contribution < -0.4 is 23.0 Å². The van der Waals surface area contributed by atoms with Crippen LogP contribution in [-0.2, 0) is 21.3 Å². The van der Waals surface area contributed by atoms with Crippen LogP contribution in [0.15, 0.2) is 36.5 Å². The molecule has 1 aromatic carbocycles. The van der Waals surface area contributed by atoms with Crippen molar-refractivity contribution in [2.75, 3.05) is 18.1 Å². The third-order valence-electron chi connectivity index (χ3n) is 4.85. The Morgan fingerprint density at radius 1 is 1.36 bits per heavy atom. The predicted molar refractivity (Wildman–Crippen MR) is 110 cm³/mol. The maximum absolute atomic E-state index is 14.9. The van der Waals surface area contributed by atoms with Crippen molar-refractivity contribution in [1.29, 1.82) is 0 Å². The van der Waals surface area contributed by atoms with Crippen LogP contribution in [0.2, 0.25) is 0 Å². The summed E-state index contributed by atoms with van der Waals surface area (Å²) >= 11 is 0. The molecule has 1 saturated heterocycles. The van der Waals surface area contributed by atoms with Crippen molar-refractivity contribution in [3.05, 3.63) is 42.3 Å². The Kier molecular flexibility index (Phi) is 7.19. The van der Waals surface area contributed by atoms with E-state index in [-0.39, 0.29) is 25.6 Å². The van der Waals surface area contributed by atoms with Crippen molar-refractivity contribution in [1.82, 2.24) is 25.2 Å². The van der Waals surface area contributed by atoms with Crippen molar-refractivity contribution in [3.8, 4) is 22.6 Å². The number of anilines is 1. The summed E-state index contributed by atoms with van der Waals surface area (Å²) in [5, 5.41) is 11.2. The minimum Gasteiger partial charge on any atom is -1.00 e. The van der Waals surface area contributed by atoms with Crippen LogP contribution >= 0.6 is 0 Å². The van der Waals surface area contributed by atoms with Gasteiger partial charge in [0, 0.05) is 24.4 Å². The van der Waals surface area contributed by atoms with Crippen molar-refractivity contribution >= 4 is 17.7 Å². The first-order valence-electron chi connectivity index (χ1n) is 9.72. The first-order valence-corrected chi connectivity index (χ1v) is 9.72. The van der Waals surface area contributed by atoms with Gasteiger partial charge in [-0.05, 0) is 41.6 Å². The number of nitrogens with two attached hydrogens (primary N) is 1. The smallest absolute Gasteiger partial charge is 0.414 e. The number of pyridine rings is 1. The lowest BCUT2D eigenvalue weighted by atomic mass is 10.1. The molecule has 174 valence electrons. The Labute approximate surface area is 194 Å². The largest absolute Gasteiger partial charge is 1.00 e. The zero-order valence-corrected chi connectivity index (χ0v) is 18.4. The minimum absolute atomic E-state index is 0. The van der Waals surface area contributed by atoms with Crippen molar-refractivity contribution in [3.63, 3.8) is 0 Å². The molecule has 13 heteroatoms. The molecular formula is C20H20ClFN7O4-. The molecule has 0 bridgehead atoms. The molecule has 3 heterocycles. The van der Waals surface area contributed by atoms with E-state index in [1.165, 1.54) is 28.8 Å². The average molecular weight is 477 g/mol. The molecule has 3 aromatic rings. The number of amides is 1. The summed E-state index contributed by atoms with van der Waals surface area (Å²) in [4.78, 5) is 29.3. The average Bonchev–Trinajstić information content (AvgIpc) is 3.37. The van der Waals surface area contributed by atoms with Gasteiger partial charge in [-0.1, -0.05) is 6.07 Å². The first-order chi connectivity index (χ1) is 15.3. The number of rotatable bonds is 6. The van der Waals surface area contributed by atoms with Gasteiger partial charge in [0.25, 0.3) is 0 Å². The maximum atomic E-state index is 14.9. The van der Waals surface area contributed by atoms with Crippen molar-refractivity contribution in [2.24, 2.45) is 12.8 Å². The number of tetrazole rings is 1. The van der Waals surface area contributed by atoms with Crippen LogP contribution in [0, 0.1) is 5.82 Å². The summed E-state index contributed by atoms with van der Waals surface area (Å²) < 4.78 is 26.5. The Hall–Kier alpha value is -3.64. The SMILES string of the molecule is C[C@@H](N)C(=O)OCC1CN(c2ccc(-c3ccc(-c4nnnn4C)nc3)c(F)c2)C(=O)O1.[Cl-]. The number of hydrogen-bond acceptors (Lipinski definition) is 9. The van der Waals surface area contributed by atoms with Crippen LogP contribution in [0.3, 0.4) is 0 Å². The van der Waals surface area contributed by atoms with Gasteiger partial charge in [-0.15, -0.1) is 5.10 Å². The first kappa shape index (κ1) is 24.0. The van der Waals surface area contributed by atoms with Gasteiger partial charge < -0.3 is 27.6 Å². The quantitative estimate of drug-likeness (QED) is 0.412. The highest BCUT2D eigenvalue weighted by Crippen LogP contribution is 2.29. The molecule has 0 saturated carbocycles. The van der Waals surface area contributed by atoms with Gasteiger partial charge >= 0.3 is 12.1 Å². The summed E-state index contributed by atoms with van der Waals surface area (Å²) in [5.41, 5.74) is 7.18. The van der Waals surface area contributed by atoms with E-state index in [0.717, 1.165) is 0 Å². The zero-order chi connectivity index (χ0) is 22.8. The van der Waals surface area contributed by atoms with Gasteiger partial charge in [-0.25, -0.2) is 13.9 Å². The highest BCUT2D eigenvalue weighted by atomic mass is 35.5. The number of ether oxygens (including phenoxy) is 2.